The van der Waals surface area contributed by atoms with Gasteiger partial charge in [-0.3, -0.25) is 19.3 Å². The molecule has 6 unspecified atom stereocenters. The Morgan fingerprint density at radius 3 is 1.46 bits per heavy atom. The van der Waals surface area contributed by atoms with E-state index >= 15 is 0 Å². The third-order valence-electron chi connectivity index (χ3n) is 9.41. The second kappa shape index (κ2) is 39.2. The van der Waals surface area contributed by atoms with Crippen molar-refractivity contribution in [1.29, 1.82) is 0 Å². The molecule has 368 valence electrons. The van der Waals surface area contributed by atoms with Crippen LogP contribution >= 0.6 is 0 Å². The summed E-state index contributed by atoms with van der Waals surface area (Å²) in [6, 6.07) is 19.4. The van der Waals surface area contributed by atoms with Crippen molar-refractivity contribution in [3.8, 4) is 0 Å². The number of carboxylic acids is 1. The number of aliphatic carboxylic acids is 1. The Kier molecular flexibility index (Phi) is 54.5. The molecule has 0 saturated carbocycles. The fourth-order valence-electron chi connectivity index (χ4n) is 6.74. The standard InChI is InChI=1S/C19H30N2O4.C19H28N2O3.12CH4/c1-5-16(15-10-7-6-8-11-15)17(14(2)19(23)24)18(22)20-12-9-13-21(3,4)25;1-5-16(15-10-7-6-8-11-15)17-14(2)18(22)20(19(17)23)12-9-13-21(3,4)24;;;;;;;;;;;;/h6-8,10-11,14,16-17H,5,9,12-13H2,1-4H3,(H,20,22)(H,23,24);6-8,10-11,14,16-17H,5,9,12-13H2,1-4H3;12*1H4/p-1. The molecule has 3 rings (SSSR count). The van der Waals surface area contributed by atoms with Crippen LogP contribution in [0.4, 0.5) is 0 Å². The first-order valence-corrected chi connectivity index (χ1v) is 17.4. The van der Waals surface area contributed by atoms with Gasteiger partial charge in [-0.05, 0) is 35.8 Å². The first-order chi connectivity index (χ1) is 22.9. The van der Waals surface area contributed by atoms with Gasteiger partial charge in [0.15, 0.2) is 0 Å². The van der Waals surface area contributed by atoms with Crippen LogP contribution < -0.4 is 10.4 Å². The highest BCUT2D eigenvalue weighted by molar-refractivity contribution is 6.05. The van der Waals surface area contributed by atoms with Gasteiger partial charge in [0.25, 0.3) is 0 Å². The average Bonchev–Trinajstić information content (AvgIpc) is 3.25. The Bertz CT molecular complexity index is 1350. The van der Waals surface area contributed by atoms with Crippen molar-refractivity contribution in [2.45, 2.75) is 154 Å². The molecule has 1 aliphatic heterocycles. The highest BCUT2D eigenvalue weighted by atomic mass is 16.5. The Hall–Kier alpha value is -3.64. The van der Waals surface area contributed by atoms with E-state index in [0.717, 1.165) is 17.5 Å². The van der Waals surface area contributed by atoms with Crippen LogP contribution in [-0.2, 0) is 19.2 Å². The summed E-state index contributed by atoms with van der Waals surface area (Å²) in [5.41, 5.74) is 2.05. The topological polar surface area (TPSA) is 153 Å². The number of rotatable bonds is 17. The number of benzene rings is 2. The number of carboxylic acid groups (broad SMARTS) is 1. The lowest BCUT2D eigenvalue weighted by molar-refractivity contribution is -0.840. The molecule has 0 aliphatic carbocycles. The maximum atomic E-state index is 12.9. The minimum atomic E-state index is -1.23. The van der Waals surface area contributed by atoms with E-state index in [2.05, 4.69) is 12.2 Å². The number of hydrogen-bond acceptors (Lipinski definition) is 7. The van der Waals surface area contributed by atoms with Crippen LogP contribution in [0.1, 0.15) is 165 Å². The summed E-state index contributed by atoms with van der Waals surface area (Å²) >= 11 is 0. The summed E-state index contributed by atoms with van der Waals surface area (Å²) in [4.78, 5) is 50.9. The minimum absolute atomic E-state index is 0. The van der Waals surface area contributed by atoms with Crippen LogP contribution in [0.3, 0.4) is 0 Å². The molecular weight excluding hydrogens is 769 g/mol. The third kappa shape index (κ3) is 26.4. The van der Waals surface area contributed by atoms with Crippen LogP contribution in [0.2, 0.25) is 0 Å². The lowest BCUT2D eigenvalue weighted by Crippen LogP contribution is -2.45. The zero-order valence-electron chi connectivity index (χ0n) is 30.6. The first kappa shape index (κ1) is 84.8. The van der Waals surface area contributed by atoms with Gasteiger partial charge in [-0.2, -0.15) is 0 Å². The molecule has 1 heterocycles. The number of likely N-dealkylation sites (tertiary alicyclic amines) is 1. The zero-order chi connectivity index (χ0) is 36.9. The lowest BCUT2D eigenvalue weighted by Gasteiger charge is -2.34. The third-order valence-corrected chi connectivity index (χ3v) is 9.41. The number of carbonyl (C=O) groups is 4. The van der Waals surface area contributed by atoms with Crippen molar-refractivity contribution >= 4 is 23.7 Å². The Balaban J connectivity index is -0.0000000761. The first-order valence-electron chi connectivity index (χ1n) is 17.4. The Morgan fingerprint density at radius 1 is 0.672 bits per heavy atom. The monoisotopic (exact) mass is 874 g/mol. The summed E-state index contributed by atoms with van der Waals surface area (Å²) in [7, 11) is 6.24. The molecule has 0 radical (unpaired) electrons. The van der Waals surface area contributed by atoms with Crippen LogP contribution in [-0.4, -0.2) is 92.3 Å². The zero-order valence-corrected chi connectivity index (χ0v) is 30.6. The largest absolute Gasteiger partial charge is 0.633 e. The maximum absolute atomic E-state index is 12.9. The molecule has 61 heavy (non-hydrogen) atoms. The number of nitrogens with one attached hydrogen (secondary N) is 1. The second-order valence-electron chi connectivity index (χ2n) is 14.2. The van der Waals surface area contributed by atoms with Gasteiger partial charge < -0.3 is 34.9 Å². The molecule has 6 atom stereocenters. The van der Waals surface area contributed by atoms with E-state index in [-0.39, 0.29) is 131 Å². The van der Waals surface area contributed by atoms with Crippen LogP contribution in [0.25, 0.3) is 0 Å². The van der Waals surface area contributed by atoms with Gasteiger partial charge in [0, 0.05) is 43.7 Å². The highest BCUT2D eigenvalue weighted by Gasteiger charge is 2.48. The predicted molar refractivity (Wildman–Crippen MR) is 270 cm³/mol. The summed E-state index contributed by atoms with van der Waals surface area (Å²) in [5, 5.41) is 37.4. The summed E-state index contributed by atoms with van der Waals surface area (Å²) in [6.45, 7) is 8.84. The number of quaternary nitrogens is 2. The predicted octanol–water partition coefficient (Wildman–Crippen LogP) is 11.7. The number of carbonyl (C=O) groups excluding carboxylic acids is 4. The van der Waals surface area contributed by atoms with Gasteiger partial charge in [0.1, 0.15) is 0 Å². The maximum Gasteiger partial charge on any atom is 0.233 e. The molecule has 0 aromatic heterocycles. The van der Waals surface area contributed by atoms with Crippen molar-refractivity contribution < 1.29 is 33.6 Å². The number of amides is 3. The molecule has 0 bridgehead atoms. The molecule has 2 aromatic rings. The van der Waals surface area contributed by atoms with Crippen LogP contribution in [0.15, 0.2) is 60.7 Å². The van der Waals surface area contributed by atoms with Gasteiger partial charge in [-0.1, -0.05) is 177 Å². The molecule has 3 amide bonds. The van der Waals surface area contributed by atoms with E-state index in [0.29, 0.717) is 45.4 Å². The van der Waals surface area contributed by atoms with Crippen molar-refractivity contribution in [1.82, 2.24) is 10.2 Å². The number of hydroxylamine groups is 6. The SMILES string of the molecule is C.C.C.C.C.C.C.C.C.C.C.C.CCC(c1ccccc1)C(C(=O)NCCC[N+](C)(C)[O-])C(C)C(=O)[O-].CCC(c1ccccc1)C1C(=O)N(CCC[N+](C)(C)[O-])C(=O)C1C. The van der Waals surface area contributed by atoms with Gasteiger partial charge in [-0.25, -0.2) is 0 Å². The second-order valence-corrected chi connectivity index (χ2v) is 14.2. The minimum Gasteiger partial charge on any atom is -0.633 e. The van der Waals surface area contributed by atoms with Gasteiger partial charge in [0.2, 0.25) is 17.7 Å². The van der Waals surface area contributed by atoms with E-state index < -0.39 is 27.1 Å². The summed E-state index contributed by atoms with van der Waals surface area (Å²) < 4.78 is -0.826. The molecule has 11 nitrogen and oxygen atoms in total. The van der Waals surface area contributed by atoms with Crippen LogP contribution in [0, 0.1) is 34.1 Å². The molecule has 11 heteroatoms. The number of nitrogens with zero attached hydrogens (tertiary/aromatic N) is 3. The molecule has 1 N–H and O–H groups in total. The fraction of sp³-hybridized carbons (Fsp3) is 0.680. The van der Waals surface area contributed by atoms with E-state index in [1.165, 1.54) is 11.8 Å². The molecular formula is C50H105N4O7-. The Labute approximate surface area is 381 Å². The van der Waals surface area contributed by atoms with E-state index in [4.69, 9.17) is 0 Å². The van der Waals surface area contributed by atoms with E-state index in [1.54, 1.807) is 28.2 Å². The highest BCUT2D eigenvalue weighted by Crippen LogP contribution is 2.39. The van der Waals surface area contributed by atoms with Gasteiger partial charge >= 0.3 is 0 Å². The fourth-order valence-corrected chi connectivity index (χ4v) is 6.74. The van der Waals surface area contributed by atoms with Crippen molar-refractivity contribution in [2.75, 3.05) is 54.4 Å². The lowest BCUT2D eigenvalue weighted by atomic mass is 9.76. The van der Waals surface area contributed by atoms with E-state index in [1.807, 2.05) is 74.5 Å². The van der Waals surface area contributed by atoms with Gasteiger partial charge in [-0.15, -0.1) is 0 Å². The van der Waals surface area contributed by atoms with E-state index in [9.17, 15) is 34.7 Å². The summed E-state index contributed by atoms with van der Waals surface area (Å²) in [6.07, 6.45) is 2.53. The van der Waals surface area contributed by atoms with Crippen molar-refractivity contribution in [2.24, 2.45) is 23.7 Å². The normalized spacial score (nSPS) is 15.3. The number of imide groups is 1. The number of hydrogen-bond donors (Lipinski definition) is 1. The average molecular weight is 874 g/mol. The molecule has 0 spiro atoms. The molecule has 1 saturated heterocycles. The Morgan fingerprint density at radius 2 is 1.08 bits per heavy atom. The van der Waals surface area contributed by atoms with Crippen molar-refractivity contribution in [3.63, 3.8) is 0 Å². The smallest absolute Gasteiger partial charge is 0.233 e. The van der Waals surface area contributed by atoms with Crippen LogP contribution in [0.5, 0.6) is 0 Å². The summed E-state index contributed by atoms with van der Waals surface area (Å²) in [5.74, 6) is -4.11. The molecule has 2 aromatic carbocycles. The van der Waals surface area contributed by atoms with Crippen molar-refractivity contribution in [3.05, 3.63) is 82.2 Å². The molecule has 1 fully saturated rings. The molecule has 1 aliphatic rings. The quantitative estimate of drug-likeness (QED) is 0.0718. The van der Waals surface area contributed by atoms with Gasteiger partial charge in [0.05, 0.1) is 53.1 Å².